The van der Waals surface area contributed by atoms with Gasteiger partial charge < -0.3 is 0 Å². The van der Waals surface area contributed by atoms with Gasteiger partial charge in [-0.1, -0.05) is 19.3 Å². The number of hydrogen-bond donors (Lipinski definition) is 1. The Bertz CT molecular complexity index is 507. The van der Waals surface area contributed by atoms with Crippen LogP contribution in [0.1, 0.15) is 52.8 Å². The van der Waals surface area contributed by atoms with E-state index in [9.17, 15) is 9.59 Å². The van der Waals surface area contributed by atoms with Crippen molar-refractivity contribution in [1.29, 1.82) is 0 Å². The number of amides is 2. The molecule has 1 saturated carbocycles. The van der Waals surface area contributed by atoms with Crippen molar-refractivity contribution >= 4 is 23.6 Å². The SMILES string of the molecule is O=C1NC(=O)c2cc(SC3CCCCC3)ccc21. The van der Waals surface area contributed by atoms with Crippen molar-refractivity contribution in [3.8, 4) is 0 Å². The first-order chi connectivity index (χ1) is 8.74. The molecule has 0 radical (unpaired) electrons. The number of hydrogen-bond acceptors (Lipinski definition) is 3. The molecule has 1 heterocycles. The first-order valence-electron chi connectivity index (χ1n) is 6.40. The molecule has 94 valence electrons. The minimum Gasteiger partial charge on any atom is -0.288 e. The Labute approximate surface area is 110 Å². The van der Waals surface area contributed by atoms with Gasteiger partial charge in [-0.25, -0.2) is 0 Å². The molecular weight excluding hydrogens is 246 g/mol. The molecule has 1 aromatic rings. The van der Waals surface area contributed by atoms with E-state index in [1.165, 1.54) is 32.1 Å². The highest BCUT2D eigenvalue weighted by Crippen LogP contribution is 2.34. The molecule has 0 unspecified atom stereocenters. The summed E-state index contributed by atoms with van der Waals surface area (Å²) >= 11 is 1.84. The van der Waals surface area contributed by atoms with Crippen LogP contribution in [0, 0.1) is 0 Å². The third-order valence-corrected chi connectivity index (χ3v) is 4.89. The van der Waals surface area contributed by atoms with Crippen molar-refractivity contribution in [2.24, 2.45) is 0 Å². The molecule has 4 heteroatoms. The number of nitrogens with one attached hydrogen (secondary N) is 1. The van der Waals surface area contributed by atoms with Crippen LogP contribution in [0.4, 0.5) is 0 Å². The van der Waals surface area contributed by atoms with Crippen molar-refractivity contribution in [2.75, 3.05) is 0 Å². The van der Waals surface area contributed by atoms with E-state index in [0.717, 1.165) is 4.90 Å². The van der Waals surface area contributed by atoms with Gasteiger partial charge >= 0.3 is 0 Å². The number of carbonyl (C=O) groups is 2. The highest BCUT2D eigenvalue weighted by atomic mass is 32.2. The van der Waals surface area contributed by atoms with Gasteiger partial charge in [0.05, 0.1) is 11.1 Å². The van der Waals surface area contributed by atoms with Crippen LogP contribution in [0.2, 0.25) is 0 Å². The van der Waals surface area contributed by atoms with E-state index in [1.807, 2.05) is 23.9 Å². The summed E-state index contributed by atoms with van der Waals surface area (Å²) in [5.41, 5.74) is 1.04. The van der Waals surface area contributed by atoms with E-state index in [-0.39, 0.29) is 11.8 Å². The van der Waals surface area contributed by atoms with Crippen LogP contribution in [0.3, 0.4) is 0 Å². The molecule has 1 N–H and O–H groups in total. The average molecular weight is 261 g/mol. The van der Waals surface area contributed by atoms with Gasteiger partial charge in [0.2, 0.25) is 0 Å². The number of imide groups is 1. The quantitative estimate of drug-likeness (QED) is 0.832. The van der Waals surface area contributed by atoms with Crippen LogP contribution < -0.4 is 5.32 Å². The zero-order valence-corrected chi connectivity index (χ0v) is 10.9. The van der Waals surface area contributed by atoms with Crippen molar-refractivity contribution in [3.05, 3.63) is 29.3 Å². The fraction of sp³-hybridized carbons (Fsp3) is 0.429. The van der Waals surface area contributed by atoms with E-state index in [4.69, 9.17) is 0 Å². The molecule has 0 atom stereocenters. The van der Waals surface area contributed by atoms with Gasteiger partial charge in [0.25, 0.3) is 11.8 Å². The van der Waals surface area contributed by atoms with Gasteiger partial charge in [0.15, 0.2) is 0 Å². The maximum Gasteiger partial charge on any atom is 0.258 e. The maximum absolute atomic E-state index is 11.6. The van der Waals surface area contributed by atoms with Crippen molar-refractivity contribution in [2.45, 2.75) is 42.2 Å². The number of carbonyl (C=O) groups excluding carboxylic acids is 2. The number of thioether (sulfide) groups is 1. The minimum atomic E-state index is -0.274. The van der Waals surface area contributed by atoms with Crippen LogP contribution in [0.25, 0.3) is 0 Å². The lowest BCUT2D eigenvalue weighted by Gasteiger charge is -2.20. The largest absolute Gasteiger partial charge is 0.288 e. The summed E-state index contributed by atoms with van der Waals surface area (Å²) in [4.78, 5) is 24.1. The predicted molar refractivity (Wildman–Crippen MR) is 71.0 cm³/mol. The summed E-state index contributed by atoms with van der Waals surface area (Å²) in [5.74, 6) is -0.537. The normalized spacial score (nSPS) is 19.8. The average Bonchev–Trinajstić information content (AvgIpc) is 2.66. The summed E-state index contributed by atoms with van der Waals surface area (Å²) < 4.78 is 0. The number of benzene rings is 1. The van der Waals surface area contributed by atoms with Crippen LogP contribution in [-0.4, -0.2) is 17.1 Å². The zero-order valence-electron chi connectivity index (χ0n) is 10.1. The molecule has 1 aromatic carbocycles. The Hall–Kier alpha value is -1.29. The molecular formula is C14H15NO2S. The van der Waals surface area contributed by atoms with E-state index >= 15 is 0 Å². The Kier molecular flexibility index (Phi) is 3.12. The Morgan fingerprint density at radius 1 is 1.00 bits per heavy atom. The molecule has 0 aromatic heterocycles. The lowest BCUT2D eigenvalue weighted by Crippen LogP contribution is -2.19. The molecule has 0 saturated heterocycles. The first-order valence-corrected chi connectivity index (χ1v) is 7.28. The van der Waals surface area contributed by atoms with Crippen LogP contribution in [0.15, 0.2) is 23.1 Å². The van der Waals surface area contributed by atoms with Crippen molar-refractivity contribution in [3.63, 3.8) is 0 Å². The topological polar surface area (TPSA) is 46.2 Å². The molecule has 18 heavy (non-hydrogen) atoms. The molecule has 3 nitrogen and oxygen atoms in total. The van der Waals surface area contributed by atoms with Crippen molar-refractivity contribution < 1.29 is 9.59 Å². The second-order valence-electron chi connectivity index (χ2n) is 4.87. The standard InChI is InChI=1S/C14H15NO2S/c16-13-11-7-6-10(8-12(11)14(17)15-13)18-9-4-2-1-3-5-9/h6-9H,1-5H2,(H,15,16,17). The number of rotatable bonds is 2. The highest BCUT2D eigenvalue weighted by Gasteiger charge is 2.27. The van der Waals surface area contributed by atoms with Gasteiger partial charge in [-0.3, -0.25) is 14.9 Å². The predicted octanol–water partition coefficient (Wildman–Crippen LogP) is 3.00. The molecule has 0 bridgehead atoms. The number of fused-ring (bicyclic) bond motifs is 1. The lowest BCUT2D eigenvalue weighted by molar-refractivity contribution is 0.0879. The molecule has 2 aliphatic rings. The fourth-order valence-electron chi connectivity index (χ4n) is 2.60. The summed E-state index contributed by atoms with van der Waals surface area (Å²) in [6.07, 6.45) is 6.47. The second kappa shape index (κ2) is 4.76. The second-order valence-corrected chi connectivity index (χ2v) is 6.24. The fourth-order valence-corrected chi connectivity index (χ4v) is 3.88. The highest BCUT2D eigenvalue weighted by molar-refractivity contribution is 8.00. The Morgan fingerprint density at radius 2 is 1.72 bits per heavy atom. The van der Waals surface area contributed by atoms with Gasteiger partial charge in [-0.2, -0.15) is 0 Å². The van der Waals surface area contributed by atoms with Crippen LogP contribution >= 0.6 is 11.8 Å². The summed E-state index contributed by atoms with van der Waals surface area (Å²) in [7, 11) is 0. The van der Waals surface area contributed by atoms with E-state index in [2.05, 4.69) is 5.32 Å². The zero-order chi connectivity index (χ0) is 12.5. The third-order valence-electron chi connectivity index (χ3n) is 3.56. The third kappa shape index (κ3) is 2.17. The van der Waals surface area contributed by atoms with E-state index in [1.54, 1.807) is 6.07 Å². The van der Waals surface area contributed by atoms with Crippen molar-refractivity contribution in [1.82, 2.24) is 5.32 Å². The van der Waals surface area contributed by atoms with Gasteiger partial charge in [-0.15, -0.1) is 11.8 Å². The minimum absolute atomic E-state index is 0.263. The van der Waals surface area contributed by atoms with Crippen LogP contribution in [-0.2, 0) is 0 Å². The first kappa shape index (κ1) is 11.8. The van der Waals surface area contributed by atoms with Gasteiger partial charge in [0, 0.05) is 10.1 Å². The lowest BCUT2D eigenvalue weighted by atomic mass is 10.0. The van der Waals surface area contributed by atoms with Crippen LogP contribution in [0.5, 0.6) is 0 Å². The monoisotopic (exact) mass is 261 g/mol. The maximum atomic E-state index is 11.6. The molecule has 2 amide bonds. The van der Waals surface area contributed by atoms with E-state index < -0.39 is 0 Å². The van der Waals surface area contributed by atoms with Gasteiger partial charge in [-0.05, 0) is 31.0 Å². The van der Waals surface area contributed by atoms with Gasteiger partial charge in [0.1, 0.15) is 0 Å². The summed E-state index contributed by atoms with van der Waals surface area (Å²) in [6, 6.07) is 5.58. The molecule has 1 aliphatic heterocycles. The smallest absolute Gasteiger partial charge is 0.258 e. The van der Waals surface area contributed by atoms with E-state index in [0.29, 0.717) is 16.4 Å². The molecule has 1 aliphatic carbocycles. The molecule has 3 rings (SSSR count). The molecule has 1 fully saturated rings. The summed E-state index contributed by atoms with van der Waals surface area (Å²) in [5, 5.41) is 2.99. The molecule has 0 spiro atoms. The Morgan fingerprint density at radius 3 is 2.50 bits per heavy atom. The summed E-state index contributed by atoms with van der Waals surface area (Å²) in [6.45, 7) is 0. The Balaban J connectivity index is 1.80.